The molecule has 11 nitrogen and oxygen atoms in total. The summed E-state index contributed by atoms with van der Waals surface area (Å²) in [7, 11) is 0. The summed E-state index contributed by atoms with van der Waals surface area (Å²) in [5.74, 6) is -0.0956. The molecule has 2 fully saturated rings. The number of hydrogen-bond acceptors (Lipinski definition) is 8. The van der Waals surface area contributed by atoms with Gasteiger partial charge in [-0.25, -0.2) is 0 Å². The third-order valence-electron chi connectivity index (χ3n) is 9.11. The lowest BCUT2D eigenvalue weighted by Crippen LogP contribution is -2.55. The molecule has 48 heavy (non-hydrogen) atoms. The van der Waals surface area contributed by atoms with Crippen LogP contribution in [-0.2, 0) is 22.6 Å². The summed E-state index contributed by atoms with van der Waals surface area (Å²) in [4.78, 5) is 59.0. The molecular weight excluding hydrogens is 636 g/mol. The molecule has 2 saturated heterocycles. The predicted octanol–water partition coefficient (Wildman–Crippen LogP) is 4.38. The van der Waals surface area contributed by atoms with E-state index in [0.717, 1.165) is 42.3 Å². The lowest BCUT2D eigenvalue weighted by atomic mass is 10.0. The van der Waals surface area contributed by atoms with Crippen LogP contribution in [0.2, 0.25) is 5.02 Å². The van der Waals surface area contributed by atoms with Gasteiger partial charge in [0.15, 0.2) is 22.7 Å². The van der Waals surface area contributed by atoms with Gasteiger partial charge >= 0.3 is 0 Å². The van der Waals surface area contributed by atoms with Gasteiger partial charge in [-0.05, 0) is 48.2 Å². The molecular formula is C36H35ClN4O7. The number of piperidine rings is 1. The van der Waals surface area contributed by atoms with Crippen LogP contribution in [-0.4, -0.2) is 73.1 Å². The van der Waals surface area contributed by atoms with Crippen LogP contribution in [0.1, 0.15) is 40.9 Å². The average molecular weight is 671 g/mol. The summed E-state index contributed by atoms with van der Waals surface area (Å²) >= 11 is 6.10. The number of carbonyl (C=O) groups excluding carboxylic acids is 3. The normalized spacial score (nSPS) is 16.7. The number of nitrogens with zero attached hydrogens (tertiary/aromatic N) is 3. The molecule has 7 rings (SSSR count). The molecule has 4 aromatic rings. The fourth-order valence-electron chi connectivity index (χ4n) is 6.52. The molecule has 3 aliphatic rings. The molecule has 0 aliphatic carbocycles. The van der Waals surface area contributed by atoms with Crippen LogP contribution in [0.5, 0.6) is 11.5 Å². The van der Waals surface area contributed by atoms with Crippen molar-refractivity contribution in [1.29, 1.82) is 0 Å². The molecule has 0 radical (unpaired) electrons. The standard InChI is InChI=1S/C36H35ClN4O7/c37-25-10-8-23(9-11-25)17-27(38-35(44)33-19-29(42)26-18-31-32(47-22-46-31)20-30(26)48-33)36(45)40-15-13-39(14-16-40)28-6-2-1-5-24(28)21-41-12-4-3-7-34(41)43/h1-2,5-6,8-11,18-20,27H,3-4,7,12-17,21-22H2,(H,38,44)/t27-/m1/s1. The van der Waals surface area contributed by atoms with Crippen LogP contribution in [0.15, 0.2) is 75.9 Å². The average Bonchev–Trinajstić information content (AvgIpc) is 3.57. The summed E-state index contributed by atoms with van der Waals surface area (Å²) in [6.45, 7) is 3.44. The van der Waals surface area contributed by atoms with Gasteiger partial charge in [0.05, 0.1) is 5.39 Å². The minimum atomic E-state index is -0.930. The molecule has 3 aromatic carbocycles. The first kappa shape index (κ1) is 31.6. The summed E-state index contributed by atoms with van der Waals surface area (Å²) < 4.78 is 16.6. The highest BCUT2D eigenvalue weighted by atomic mass is 35.5. The van der Waals surface area contributed by atoms with Gasteiger partial charge in [-0.15, -0.1) is 0 Å². The number of rotatable bonds is 8. The van der Waals surface area contributed by atoms with Gasteiger partial charge in [-0.1, -0.05) is 41.9 Å². The van der Waals surface area contributed by atoms with Gasteiger partial charge in [0.2, 0.25) is 18.6 Å². The number of amides is 3. The molecule has 0 bridgehead atoms. The number of anilines is 1. The number of piperazine rings is 1. The first-order chi connectivity index (χ1) is 23.3. The van der Waals surface area contributed by atoms with Gasteiger partial charge in [-0.2, -0.15) is 0 Å². The zero-order valence-electron chi connectivity index (χ0n) is 26.3. The van der Waals surface area contributed by atoms with E-state index < -0.39 is 17.4 Å². The second-order valence-corrected chi connectivity index (χ2v) is 12.7. The Hall–Kier alpha value is -5.03. The molecule has 0 spiro atoms. The van der Waals surface area contributed by atoms with Crippen molar-refractivity contribution in [3.63, 3.8) is 0 Å². The minimum absolute atomic E-state index is 0.0298. The summed E-state index contributed by atoms with van der Waals surface area (Å²) in [6, 6.07) is 18.5. The maximum atomic E-state index is 14.1. The number of hydrogen-bond donors (Lipinski definition) is 1. The highest BCUT2D eigenvalue weighted by Crippen LogP contribution is 2.35. The molecule has 12 heteroatoms. The number of halogens is 1. The zero-order chi connectivity index (χ0) is 33.2. The molecule has 1 atom stereocenters. The second-order valence-electron chi connectivity index (χ2n) is 12.2. The fraction of sp³-hybridized carbons (Fsp3) is 0.333. The number of carbonyl (C=O) groups is 3. The topological polar surface area (TPSA) is 122 Å². The van der Waals surface area contributed by atoms with Gasteiger partial charge in [0.1, 0.15) is 11.6 Å². The van der Waals surface area contributed by atoms with Crippen molar-refractivity contribution in [3.8, 4) is 11.5 Å². The largest absolute Gasteiger partial charge is 0.454 e. The fourth-order valence-corrected chi connectivity index (χ4v) is 6.64. The van der Waals surface area contributed by atoms with E-state index in [1.807, 2.05) is 29.2 Å². The number of benzene rings is 3. The summed E-state index contributed by atoms with van der Waals surface area (Å²) in [5, 5.41) is 3.65. The Morgan fingerprint density at radius 3 is 2.40 bits per heavy atom. The maximum absolute atomic E-state index is 14.1. The van der Waals surface area contributed by atoms with Crippen molar-refractivity contribution in [3.05, 3.63) is 98.9 Å². The van der Waals surface area contributed by atoms with Crippen LogP contribution in [0.25, 0.3) is 11.0 Å². The smallest absolute Gasteiger partial charge is 0.287 e. The molecule has 248 valence electrons. The summed E-state index contributed by atoms with van der Waals surface area (Å²) in [6.07, 6.45) is 2.76. The minimum Gasteiger partial charge on any atom is -0.454 e. The van der Waals surface area contributed by atoms with E-state index in [0.29, 0.717) is 55.7 Å². The first-order valence-corrected chi connectivity index (χ1v) is 16.5. The van der Waals surface area contributed by atoms with Gasteiger partial charge in [-0.3, -0.25) is 19.2 Å². The van der Waals surface area contributed by atoms with Gasteiger partial charge in [0, 0.05) is 75.0 Å². The lowest BCUT2D eigenvalue weighted by Gasteiger charge is -2.39. The first-order valence-electron chi connectivity index (χ1n) is 16.1. The van der Waals surface area contributed by atoms with Crippen molar-refractivity contribution in [2.75, 3.05) is 44.4 Å². The Morgan fingerprint density at radius 2 is 1.62 bits per heavy atom. The van der Waals surface area contributed by atoms with E-state index in [1.165, 1.54) is 12.1 Å². The van der Waals surface area contributed by atoms with Gasteiger partial charge in [0.25, 0.3) is 5.91 Å². The third kappa shape index (κ3) is 6.68. The summed E-state index contributed by atoms with van der Waals surface area (Å²) in [5.41, 5.74) is 2.72. The Balaban J connectivity index is 1.07. The van der Waals surface area contributed by atoms with Crippen molar-refractivity contribution < 1.29 is 28.3 Å². The van der Waals surface area contributed by atoms with E-state index in [2.05, 4.69) is 22.3 Å². The zero-order valence-corrected chi connectivity index (χ0v) is 27.0. The Kier molecular flexibility index (Phi) is 8.94. The molecule has 0 saturated carbocycles. The Morgan fingerprint density at radius 1 is 0.875 bits per heavy atom. The van der Waals surface area contributed by atoms with E-state index in [4.69, 9.17) is 25.5 Å². The molecule has 1 N–H and O–H groups in total. The lowest BCUT2D eigenvalue weighted by molar-refractivity contribution is -0.134. The van der Waals surface area contributed by atoms with Crippen LogP contribution >= 0.6 is 11.6 Å². The highest BCUT2D eigenvalue weighted by molar-refractivity contribution is 6.30. The predicted molar refractivity (Wildman–Crippen MR) is 180 cm³/mol. The van der Waals surface area contributed by atoms with Crippen molar-refractivity contribution in [2.24, 2.45) is 0 Å². The number of para-hydroxylation sites is 1. The van der Waals surface area contributed by atoms with E-state index in [-0.39, 0.29) is 41.8 Å². The molecule has 0 unspecified atom stereocenters. The number of likely N-dealkylation sites (tertiary alicyclic amines) is 1. The third-order valence-corrected chi connectivity index (χ3v) is 9.36. The van der Waals surface area contributed by atoms with Crippen molar-refractivity contribution in [1.82, 2.24) is 15.1 Å². The number of ether oxygens (including phenoxy) is 2. The van der Waals surface area contributed by atoms with Crippen LogP contribution in [0, 0.1) is 0 Å². The number of nitrogens with one attached hydrogen (secondary N) is 1. The molecule has 4 heterocycles. The Labute approximate surface area is 281 Å². The quantitative estimate of drug-likeness (QED) is 0.293. The number of fused-ring (bicyclic) bond motifs is 2. The Bertz CT molecular complexity index is 1920. The monoisotopic (exact) mass is 670 g/mol. The van der Waals surface area contributed by atoms with Crippen molar-refractivity contribution >= 4 is 46.0 Å². The van der Waals surface area contributed by atoms with Crippen LogP contribution in [0.4, 0.5) is 5.69 Å². The van der Waals surface area contributed by atoms with Gasteiger partial charge < -0.3 is 33.9 Å². The van der Waals surface area contributed by atoms with E-state index in [9.17, 15) is 19.2 Å². The molecule has 1 aromatic heterocycles. The van der Waals surface area contributed by atoms with E-state index >= 15 is 0 Å². The maximum Gasteiger partial charge on any atom is 0.287 e. The van der Waals surface area contributed by atoms with Crippen LogP contribution < -0.4 is 25.1 Å². The van der Waals surface area contributed by atoms with E-state index in [1.54, 1.807) is 17.0 Å². The van der Waals surface area contributed by atoms with Crippen LogP contribution in [0.3, 0.4) is 0 Å². The molecule has 3 aliphatic heterocycles. The second kappa shape index (κ2) is 13.6. The molecule has 3 amide bonds. The SMILES string of the molecule is O=C(N[C@H](Cc1ccc(Cl)cc1)C(=O)N1CCN(c2ccccc2CN2CCCCC2=O)CC1)c1cc(=O)c2cc3c(cc2o1)OCO3. The highest BCUT2D eigenvalue weighted by Gasteiger charge is 2.31. The van der Waals surface area contributed by atoms with Crippen molar-refractivity contribution in [2.45, 2.75) is 38.3 Å².